The number of piperidine rings is 1. The van der Waals surface area contributed by atoms with E-state index in [4.69, 9.17) is 4.74 Å². The lowest BCUT2D eigenvalue weighted by Crippen LogP contribution is -2.41. The molecule has 1 aliphatic rings. The lowest BCUT2D eigenvalue weighted by molar-refractivity contribution is -0.151. The number of amides is 1. The smallest absolute Gasteiger partial charge is 0.310 e. The largest absolute Gasteiger partial charge is 0.466 e. The summed E-state index contributed by atoms with van der Waals surface area (Å²) in [7, 11) is 0. The van der Waals surface area contributed by atoms with Gasteiger partial charge in [-0.05, 0) is 19.8 Å². The number of ether oxygens (including phenoxy) is 1. The standard InChI is InChI=1S/C10H17NO3/c1-3-14-10(13)9-5-4-6-11(7-9)8(2)12/h9H,3-7H2,1-2H3. The van der Waals surface area contributed by atoms with E-state index in [2.05, 4.69) is 0 Å². The number of rotatable bonds is 2. The molecule has 0 aromatic heterocycles. The molecule has 1 saturated heterocycles. The fraction of sp³-hybridized carbons (Fsp3) is 0.800. The molecular formula is C10H17NO3. The van der Waals surface area contributed by atoms with E-state index in [1.807, 2.05) is 0 Å². The molecule has 1 atom stereocenters. The van der Waals surface area contributed by atoms with Crippen LogP contribution in [0.15, 0.2) is 0 Å². The third-order valence-corrected chi connectivity index (χ3v) is 2.49. The van der Waals surface area contributed by atoms with Crippen LogP contribution in [0, 0.1) is 5.92 Å². The van der Waals surface area contributed by atoms with Crippen LogP contribution in [0.1, 0.15) is 26.7 Å². The van der Waals surface area contributed by atoms with Crippen LogP contribution in [0.5, 0.6) is 0 Å². The van der Waals surface area contributed by atoms with E-state index >= 15 is 0 Å². The summed E-state index contributed by atoms with van der Waals surface area (Å²) < 4.78 is 4.93. The fourth-order valence-electron chi connectivity index (χ4n) is 1.72. The van der Waals surface area contributed by atoms with Crippen molar-refractivity contribution in [1.29, 1.82) is 0 Å². The SMILES string of the molecule is CCOC(=O)C1CCCN(C(C)=O)C1. The van der Waals surface area contributed by atoms with Gasteiger partial charge in [-0.3, -0.25) is 9.59 Å². The van der Waals surface area contributed by atoms with Crippen LogP contribution in [0.4, 0.5) is 0 Å². The summed E-state index contributed by atoms with van der Waals surface area (Å²) in [4.78, 5) is 24.2. The molecule has 1 unspecified atom stereocenters. The second-order valence-corrected chi connectivity index (χ2v) is 3.56. The Morgan fingerprint density at radius 2 is 2.21 bits per heavy atom. The number of hydrogen-bond donors (Lipinski definition) is 0. The summed E-state index contributed by atoms with van der Waals surface area (Å²) in [5.41, 5.74) is 0. The summed E-state index contributed by atoms with van der Waals surface area (Å²) >= 11 is 0. The first-order valence-electron chi connectivity index (χ1n) is 5.07. The van der Waals surface area contributed by atoms with Gasteiger partial charge in [0.2, 0.25) is 5.91 Å². The normalized spacial score (nSPS) is 21.9. The highest BCUT2D eigenvalue weighted by atomic mass is 16.5. The van der Waals surface area contributed by atoms with Gasteiger partial charge in [0.1, 0.15) is 0 Å². The molecule has 0 saturated carbocycles. The number of hydrogen-bond acceptors (Lipinski definition) is 3. The number of esters is 1. The fourth-order valence-corrected chi connectivity index (χ4v) is 1.72. The van der Waals surface area contributed by atoms with Crippen LogP contribution < -0.4 is 0 Å². The topological polar surface area (TPSA) is 46.6 Å². The summed E-state index contributed by atoms with van der Waals surface area (Å²) in [6, 6.07) is 0. The molecule has 4 nitrogen and oxygen atoms in total. The van der Waals surface area contributed by atoms with Crippen molar-refractivity contribution in [2.24, 2.45) is 5.92 Å². The van der Waals surface area contributed by atoms with E-state index in [-0.39, 0.29) is 17.8 Å². The molecule has 14 heavy (non-hydrogen) atoms. The Hall–Kier alpha value is -1.06. The average molecular weight is 199 g/mol. The number of carbonyl (C=O) groups excluding carboxylic acids is 2. The van der Waals surface area contributed by atoms with Crippen molar-refractivity contribution in [2.45, 2.75) is 26.7 Å². The van der Waals surface area contributed by atoms with E-state index in [1.54, 1.807) is 11.8 Å². The van der Waals surface area contributed by atoms with Crippen LogP contribution in [-0.2, 0) is 14.3 Å². The van der Waals surface area contributed by atoms with Crippen LogP contribution >= 0.6 is 0 Å². The second-order valence-electron chi connectivity index (χ2n) is 3.56. The molecule has 4 heteroatoms. The molecule has 1 fully saturated rings. The average Bonchev–Trinajstić information content (AvgIpc) is 2.18. The predicted octanol–water partition coefficient (Wildman–Crippen LogP) is 0.808. The molecule has 0 aromatic carbocycles. The van der Waals surface area contributed by atoms with Crippen LogP contribution in [-0.4, -0.2) is 36.5 Å². The van der Waals surface area contributed by atoms with Gasteiger partial charge < -0.3 is 9.64 Å². The number of nitrogens with zero attached hydrogens (tertiary/aromatic N) is 1. The monoisotopic (exact) mass is 199 g/mol. The van der Waals surface area contributed by atoms with Gasteiger partial charge in [-0.2, -0.15) is 0 Å². The third-order valence-electron chi connectivity index (χ3n) is 2.49. The first-order valence-corrected chi connectivity index (χ1v) is 5.07. The minimum atomic E-state index is -0.168. The van der Waals surface area contributed by atoms with Gasteiger partial charge in [0.05, 0.1) is 12.5 Å². The zero-order valence-electron chi connectivity index (χ0n) is 8.78. The Labute approximate surface area is 84.2 Å². The Bertz CT molecular complexity index is 227. The number of likely N-dealkylation sites (tertiary alicyclic amines) is 1. The van der Waals surface area contributed by atoms with Crippen molar-refractivity contribution in [1.82, 2.24) is 4.90 Å². The van der Waals surface area contributed by atoms with Crippen LogP contribution in [0.2, 0.25) is 0 Å². The van der Waals surface area contributed by atoms with E-state index in [0.29, 0.717) is 13.2 Å². The molecule has 0 N–H and O–H groups in total. The van der Waals surface area contributed by atoms with E-state index < -0.39 is 0 Å². The minimum Gasteiger partial charge on any atom is -0.466 e. The van der Waals surface area contributed by atoms with Crippen molar-refractivity contribution in [3.8, 4) is 0 Å². The molecule has 1 heterocycles. The Morgan fingerprint density at radius 1 is 1.50 bits per heavy atom. The molecule has 0 bridgehead atoms. The number of carbonyl (C=O) groups is 2. The minimum absolute atomic E-state index is 0.0407. The van der Waals surface area contributed by atoms with Crippen LogP contribution in [0.25, 0.3) is 0 Å². The predicted molar refractivity (Wildman–Crippen MR) is 51.6 cm³/mol. The zero-order valence-corrected chi connectivity index (χ0v) is 8.78. The maximum atomic E-state index is 11.4. The molecule has 80 valence electrons. The van der Waals surface area contributed by atoms with E-state index in [9.17, 15) is 9.59 Å². The Kier molecular flexibility index (Phi) is 3.92. The highest BCUT2D eigenvalue weighted by Gasteiger charge is 2.27. The molecule has 1 aliphatic heterocycles. The van der Waals surface area contributed by atoms with Gasteiger partial charge in [0, 0.05) is 20.0 Å². The Morgan fingerprint density at radius 3 is 2.79 bits per heavy atom. The highest BCUT2D eigenvalue weighted by Crippen LogP contribution is 2.17. The maximum absolute atomic E-state index is 11.4. The molecule has 0 aliphatic carbocycles. The second kappa shape index (κ2) is 4.98. The van der Waals surface area contributed by atoms with E-state index in [0.717, 1.165) is 19.4 Å². The van der Waals surface area contributed by atoms with Gasteiger partial charge in [-0.15, -0.1) is 0 Å². The summed E-state index contributed by atoms with van der Waals surface area (Å²) in [5, 5.41) is 0. The zero-order chi connectivity index (χ0) is 10.6. The quantitative estimate of drug-likeness (QED) is 0.618. The summed E-state index contributed by atoms with van der Waals surface area (Å²) in [6.07, 6.45) is 1.73. The maximum Gasteiger partial charge on any atom is 0.310 e. The molecule has 1 amide bonds. The third kappa shape index (κ3) is 2.72. The van der Waals surface area contributed by atoms with Crippen LogP contribution in [0.3, 0.4) is 0 Å². The van der Waals surface area contributed by atoms with Gasteiger partial charge in [0.15, 0.2) is 0 Å². The van der Waals surface area contributed by atoms with Crippen molar-refractivity contribution in [3.63, 3.8) is 0 Å². The van der Waals surface area contributed by atoms with Gasteiger partial charge >= 0.3 is 5.97 Å². The lowest BCUT2D eigenvalue weighted by Gasteiger charge is -2.30. The van der Waals surface area contributed by atoms with Crippen molar-refractivity contribution in [2.75, 3.05) is 19.7 Å². The molecule has 0 radical (unpaired) electrons. The molecule has 1 rings (SSSR count). The lowest BCUT2D eigenvalue weighted by atomic mass is 9.98. The first-order chi connectivity index (χ1) is 6.65. The first kappa shape index (κ1) is 11.0. The van der Waals surface area contributed by atoms with Gasteiger partial charge in [-0.1, -0.05) is 0 Å². The summed E-state index contributed by atoms with van der Waals surface area (Å²) in [5.74, 6) is -0.245. The van der Waals surface area contributed by atoms with Crippen molar-refractivity contribution >= 4 is 11.9 Å². The van der Waals surface area contributed by atoms with E-state index in [1.165, 1.54) is 6.92 Å². The summed E-state index contributed by atoms with van der Waals surface area (Å²) in [6.45, 7) is 5.03. The molecular weight excluding hydrogens is 182 g/mol. The van der Waals surface area contributed by atoms with Crippen molar-refractivity contribution in [3.05, 3.63) is 0 Å². The highest BCUT2D eigenvalue weighted by molar-refractivity contribution is 5.76. The van der Waals surface area contributed by atoms with Crippen molar-refractivity contribution < 1.29 is 14.3 Å². The molecule has 0 spiro atoms. The Balaban J connectivity index is 2.47. The van der Waals surface area contributed by atoms with Gasteiger partial charge in [-0.25, -0.2) is 0 Å². The molecule has 0 aromatic rings. The van der Waals surface area contributed by atoms with Gasteiger partial charge in [0.25, 0.3) is 0 Å².